The van der Waals surface area contributed by atoms with E-state index in [4.69, 9.17) is 9.84 Å². The summed E-state index contributed by atoms with van der Waals surface area (Å²) in [5, 5.41) is 20.0. The molecule has 228 valence electrons. The van der Waals surface area contributed by atoms with E-state index >= 15 is 0 Å². The van der Waals surface area contributed by atoms with E-state index in [0.29, 0.717) is 48.0 Å². The SMILES string of the molecule is Cc1[nH]nc(Nc2ncnc3cc(OCCN4CCN(c5cnc(C(=O)O)cn5)CC4)c(S(=O)(=O)C(C)(C)C)cc23)c1C. The van der Waals surface area contributed by atoms with E-state index in [-0.39, 0.29) is 22.9 Å². The quantitative estimate of drug-likeness (QED) is 0.252. The summed E-state index contributed by atoms with van der Waals surface area (Å²) < 4.78 is 32.5. The highest BCUT2D eigenvalue weighted by molar-refractivity contribution is 7.92. The van der Waals surface area contributed by atoms with Crippen molar-refractivity contribution in [3.63, 3.8) is 0 Å². The minimum atomic E-state index is -3.79. The summed E-state index contributed by atoms with van der Waals surface area (Å²) in [4.78, 5) is 32.3. The molecule has 0 atom stereocenters. The predicted octanol–water partition coefficient (Wildman–Crippen LogP) is 2.97. The Morgan fingerprint density at radius 3 is 2.40 bits per heavy atom. The maximum Gasteiger partial charge on any atom is 0.356 e. The fourth-order valence-electron chi connectivity index (χ4n) is 4.62. The standard InChI is InChI=1S/C28H35N9O5S/c1-17-18(2)34-35-25(17)33-26-19-12-23(43(40,41)28(3,4)5)22(13-20(19)31-16-32-26)42-11-10-36-6-8-37(9-7-36)24-15-29-21(14-30-24)27(38)39/h12-16H,6-11H2,1-5H3,(H,38,39)(H2,31,32,33,34,35). The molecule has 1 aliphatic rings. The van der Waals surface area contributed by atoms with Gasteiger partial charge in [0, 0.05) is 55.4 Å². The van der Waals surface area contributed by atoms with Gasteiger partial charge in [-0.1, -0.05) is 0 Å². The summed E-state index contributed by atoms with van der Waals surface area (Å²) >= 11 is 0. The molecule has 0 saturated carbocycles. The molecule has 14 nitrogen and oxygen atoms in total. The van der Waals surface area contributed by atoms with Gasteiger partial charge >= 0.3 is 5.97 Å². The molecule has 0 aliphatic carbocycles. The van der Waals surface area contributed by atoms with Gasteiger partial charge in [-0.25, -0.2) is 33.1 Å². The number of nitrogens with one attached hydrogen (secondary N) is 2. The lowest BCUT2D eigenvalue weighted by Gasteiger charge is -2.35. The average molecular weight is 610 g/mol. The van der Waals surface area contributed by atoms with E-state index in [9.17, 15) is 13.2 Å². The van der Waals surface area contributed by atoms with Crippen LogP contribution in [0.3, 0.4) is 0 Å². The van der Waals surface area contributed by atoms with Crippen LogP contribution in [0, 0.1) is 13.8 Å². The molecule has 0 unspecified atom stereocenters. The van der Waals surface area contributed by atoms with Gasteiger partial charge in [-0.2, -0.15) is 5.10 Å². The Balaban J connectivity index is 1.32. The first-order chi connectivity index (χ1) is 20.3. The lowest BCUT2D eigenvalue weighted by Crippen LogP contribution is -2.47. The van der Waals surface area contributed by atoms with Crippen LogP contribution in [0.25, 0.3) is 10.9 Å². The monoisotopic (exact) mass is 609 g/mol. The summed E-state index contributed by atoms with van der Waals surface area (Å²) in [5.41, 5.74) is 2.29. The van der Waals surface area contributed by atoms with E-state index in [2.05, 4.69) is 40.3 Å². The first kappa shape index (κ1) is 30.1. The van der Waals surface area contributed by atoms with Gasteiger partial charge in [-0.3, -0.25) is 10.00 Å². The van der Waals surface area contributed by atoms with E-state index in [0.717, 1.165) is 24.3 Å². The molecular formula is C28H35N9O5S. The van der Waals surface area contributed by atoms with Crippen LogP contribution in [0.15, 0.2) is 35.7 Å². The van der Waals surface area contributed by atoms with Crippen LogP contribution in [-0.2, 0) is 9.84 Å². The molecule has 0 amide bonds. The molecule has 1 fully saturated rings. The van der Waals surface area contributed by atoms with Crippen LogP contribution in [0.1, 0.15) is 42.5 Å². The third kappa shape index (κ3) is 6.22. The molecule has 0 spiro atoms. The molecule has 5 rings (SSSR count). The smallest absolute Gasteiger partial charge is 0.356 e. The number of carbonyl (C=O) groups is 1. The van der Waals surface area contributed by atoms with Crippen molar-refractivity contribution in [2.75, 3.05) is 49.5 Å². The first-order valence-corrected chi connectivity index (χ1v) is 15.3. The minimum Gasteiger partial charge on any atom is -0.491 e. The Morgan fingerprint density at radius 1 is 1.05 bits per heavy atom. The molecule has 4 aromatic rings. The number of rotatable bonds is 9. The highest BCUT2D eigenvalue weighted by Gasteiger charge is 2.34. The van der Waals surface area contributed by atoms with Crippen LogP contribution < -0.4 is 15.0 Å². The molecule has 4 heterocycles. The van der Waals surface area contributed by atoms with Gasteiger partial charge in [0.05, 0.1) is 22.7 Å². The summed E-state index contributed by atoms with van der Waals surface area (Å²) in [7, 11) is -3.79. The molecule has 0 radical (unpaired) electrons. The van der Waals surface area contributed by atoms with Crippen molar-refractivity contribution in [2.24, 2.45) is 0 Å². The number of aryl methyl sites for hydroxylation is 1. The van der Waals surface area contributed by atoms with Gasteiger partial charge in [0.15, 0.2) is 21.3 Å². The van der Waals surface area contributed by atoms with Crippen LogP contribution in [0.4, 0.5) is 17.5 Å². The molecular weight excluding hydrogens is 574 g/mol. The van der Waals surface area contributed by atoms with Crippen molar-refractivity contribution in [2.45, 2.75) is 44.3 Å². The van der Waals surface area contributed by atoms with Crippen molar-refractivity contribution in [3.05, 3.63) is 47.8 Å². The topological polar surface area (TPSA) is 179 Å². The first-order valence-electron chi connectivity index (χ1n) is 13.8. The second-order valence-corrected chi connectivity index (χ2v) is 14.0. The number of benzene rings is 1. The number of aromatic amines is 1. The number of hydrogen-bond acceptors (Lipinski definition) is 12. The number of aromatic nitrogens is 6. The molecule has 3 N–H and O–H groups in total. The number of hydrogen-bond donors (Lipinski definition) is 3. The Morgan fingerprint density at radius 2 is 1.79 bits per heavy atom. The summed E-state index contributed by atoms with van der Waals surface area (Å²) in [5.74, 6) is 0.797. The Hall–Kier alpha value is -4.37. The molecule has 1 aromatic carbocycles. The Labute approximate surface area is 249 Å². The molecule has 3 aromatic heterocycles. The second kappa shape index (κ2) is 11.7. The molecule has 1 saturated heterocycles. The Kier molecular flexibility index (Phi) is 8.21. The number of anilines is 3. The van der Waals surface area contributed by atoms with Crippen molar-refractivity contribution in [3.8, 4) is 5.75 Å². The highest BCUT2D eigenvalue weighted by Crippen LogP contribution is 2.37. The van der Waals surface area contributed by atoms with Crippen molar-refractivity contribution < 1.29 is 23.1 Å². The summed E-state index contributed by atoms with van der Waals surface area (Å²) in [6.07, 6.45) is 4.15. The van der Waals surface area contributed by atoms with Crippen LogP contribution in [0.2, 0.25) is 0 Å². The zero-order chi connectivity index (χ0) is 30.9. The minimum absolute atomic E-state index is 0.0773. The fraction of sp³-hybridized carbons (Fsp3) is 0.429. The molecule has 15 heteroatoms. The number of aromatic carboxylic acids is 1. The third-order valence-electron chi connectivity index (χ3n) is 7.51. The van der Waals surface area contributed by atoms with E-state index in [1.807, 2.05) is 18.7 Å². The maximum absolute atomic E-state index is 13.7. The van der Waals surface area contributed by atoms with Crippen molar-refractivity contribution >= 4 is 44.2 Å². The third-order valence-corrected chi connectivity index (χ3v) is 10.0. The molecule has 43 heavy (non-hydrogen) atoms. The molecule has 1 aliphatic heterocycles. The lowest BCUT2D eigenvalue weighted by molar-refractivity contribution is 0.0690. The number of ether oxygens (including phenoxy) is 1. The lowest BCUT2D eigenvalue weighted by atomic mass is 10.2. The fourth-order valence-corrected chi connectivity index (χ4v) is 5.93. The predicted molar refractivity (Wildman–Crippen MR) is 161 cm³/mol. The summed E-state index contributed by atoms with van der Waals surface area (Å²) in [6, 6.07) is 3.23. The van der Waals surface area contributed by atoms with Crippen LogP contribution in [0.5, 0.6) is 5.75 Å². The van der Waals surface area contributed by atoms with Gasteiger partial charge in [0.2, 0.25) is 0 Å². The number of carboxylic acids is 1. The normalized spacial score (nSPS) is 14.7. The molecule has 0 bridgehead atoms. The van der Waals surface area contributed by atoms with E-state index in [1.54, 1.807) is 32.9 Å². The van der Waals surface area contributed by atoms with E-state index in [1.165, 1.54) is 18.7 Å². The van der Waals surface area contributed by atoms with Crippen LogP contribution in [-0.4, -0.2) is 98.6 Å². The van der Waals surface area contributed by atoms with Gasteiger partial charge < -0.3 is 20.1 Å². The zero-order valence-corrected chi connectivity index (χ0v) is 25.6. The largest absolute Gasteiger partial charge is 0.491 e. The number of carboxylic acid groups (broad SMARTS) is 1. The number of H-pyrrole nitrogens is 1. The van der Waals surface area contributed by atoms with Gasteiger partial charge in [0.1, 0.15) is 35.2 Å². The second-order valence-electron chi connectivity index (χ2n) is 11.3. The van der Waals surface area contributed by atoms with Gasteiger partial charge in [-0.15, -0.1) is 0 Å². The van der Waals surface area contributed by atoms with E-state index < -0.39 is 20.6 Å². The number of sulfone groups is 1. The average Bonchev–Trinajstić information content (AvgIpc) is 3.29. The number of piperazine rings is 1. The van der Waals surface area contributed by atoms with Crippen molar-refractivity contribution in [1.29, 1.82) is 0 Å². The number of fused-ring (bicyclic) bond motifs is 1. The van der Waals surface area contributed by atoms with Gasteiger partial charge in [0.25, 0.3) is 0 Å². The summed E-state index contributed by atoms with van der Waals surface area (Å²) in [6.45, 7) is 12.5. The zero-order valence-electron chi connectivity index (χ0n) is 24.7. The highest BCUT2D eigenvalue weighted by atomic mass is 32.2. The number of nitrogens with zero attached hydrogens (tertiary/aromatic N) is 7. The van der Waals surface area contributed by atoms with Crippen molar-refractivity contribution in [1.82, 2.24) is 35.0 Å². The maximum atomic E-state index is 13.7. The Bertz CT molecular complexity index is 1740. The van der Waals surface area contributed by atoms with Crippen LogP contribution >= 0.6 is 0 Å². The van der Waals surface area contributed by atoms with Gasteiger partial charge in [-0.05, 0) is 40.7 Å².